The molecule has 3 rings (SSSR count). The number of hydrogen-bond acceptors (Lipinski definition) is 4. The van der Waals surface area contributed by atoms with Gasteiger partial charge in [0.15, 0.2) is 6.61 Å². The molecule has 2 atom stereocenters. The minimum Gasteiger partial charge on any atom is -0.484 e. The molecule has 0 unspecified atom stereocenters. The van der Waals surface area contributed by atoms with E-state index in [2.05, 4.69) is 24.0 Å². The lowest BCUT2D eigenvalue weighted by Gasteiger charge is -2.34. The second-order valence-corrected chi connectivity index (χ2v) is 7.09. The van der Waals surface area contributed by atoms with Gasteiger partial charge in [0, 0.05) is 32.7 Å². The van der Waals surface area contributed by atoms with Crippen molar-refractivity contribution in [2.45, 2.75) is 38.8 Å². The monoisotopic (exact) mass is 332 g/mol. The molecular weight excluding hydrogens is 304 g/mol. The van der Waals surface area contributed by atoms with Gasteiger partial charge in [-0.15, -0.1) is 0 Å². The van der Waals surface area contributed by atoms with Gasteiger partial charge < -0.3 is 14.7 Å². The standard InChI is InChI=1S/C19H28N2O3/c1-15-12-20(11-8-18(15)22)13-16-4-6-17(7-5-16)24-14-19(23)21-9-2-3-10-21/h4-7,15,18,22H,2-3,8-14H2,1H3/t15-,18-/m1/s1. The summed E-state index contributed by atoms with van der Waals surface area (Å²) in [6.07, 6.45) is 2.89. The molecule has 0 radical (unpaired) electrons. The summed E-state index contributed by atoms with van der Waals surface area (Å²) in [5.41, 5.74) is 1.23. The Morgan fingerprint density at radius 3 is 2.58 bits per heavy atom. The fourth-order valence-corrected chi connectivity index (χ4v) is 3.52. The van der Waals surface area contributed by atoms with Crippen LogP contribution in [0.4, 0.5) is 0 Å². The number of aliphatic hydroxyl groups is 1. The van der Waals surface area contributed by atoms with Gasteiger partial charge in [0.05, 0.1) is 6.10 Å². The molecule has 0 aliphatic carbocycles. The number of amides is 1. The van der Waals surface area contributed by atoms with Crippen molar-refractivity contribution in [1.82, 2.24) is 9.80 Å². The molecular formula is C19H28N2O3. The van der Waals surface area contributed by atoms with E-state index in [1.54, 1.807) is 0 Å². The van der Waals surface area contributed by atoms with Crippen LogP contribution in [0, 0.1) is 5.92 Å². The molecule has 5 nitrogen and oxygen atoms in total. The van der Waals surface area contributed by atoms with Crippen molar-refractivity contribution in [2.24, 2.45) is 5.92 Å². The maximum atomic E-state index is 12.0. The molecule has 132 valence electrons. The fraction of sp³-hybridized carbons (Fsp3) is 0.632. The summed E-state index contributed by atoms with van der Waals surface area (Å²) in [5, 5.41) is 9.81. The zero-order valence-corrected chi connectivity index (χ0v) is 14.5. The topological polar surface area (TPSA) is 53.0 Å². The van der Waals surface area contributed by atoms with Crippen LogP contribution in [-0.4, -0.2) is 59.7 Å². The van der Waals surface area contributed by atoms with Crippen molar-refractivity contribution in [1.29, 1.82) is 0 Å². The van der Waals surface area contributed by atoms with Crippen LogP contribution in [0.1, 0.15) is 31.7 Å². The highest BCUT2D eigenvalue weighted by Crippen LogP contribution is 2.20. The first-order valence-corrected chi connectivity index (χ1v) is 9.02. The van der Waals surface area contributed by atoms with Crippen molar-refractivity contribution in [3.8, 4) is 5.75 Å². The third-order valence-corrected chi connectivity index (χ3v) is 5.09. The van der Waals surface area contributed by atoms with Crippen LogP contribution in [0.5, 0.6) is 5.75 Å². The maximum absolute atomic E-state index is 12.0. The molecule has 1 aromatic rings. The summed E-state index contributed by atoms with van der Waals surface area (Å²) >= 11 is 0. The number of piperidine rings is 1. The molecule has 0 saturated carbocycles. The first-order valence-electron chi connectivity index (χ1n) is 9.02. The third kappa shape index (κ3) is 4.48. The van der Waals surface area contributed by atoms with E-state index in [9.17, 15) is 9.90 Å². The zero-order valence-electron chi connectivity index (χ0n) is 14.5. The highest BCUT2D eigenvalue weighted by molar-refractivity contribution is 5.78. The lowest BCUT2D eigenvalue weighted by Crippen LogP contribution is -2.41. The summed E-state index contributed by atoms with van der Waals surface area (Å²) in [4.78, 5) is 16.2. The van der Waals surface area contributed by atoms with E-state index in [1.165, 1.54) is 5.56 Å². The van der Waals surface area contributed by atoms with Gasteiger partial charge in [0.2, 0.25) is 0 Å². The van der Waals surface area contributed by atoms with Crippen molar-refractivity contribution < 1.29 is 14.6 Å². The number of benzene rings is 1. The summed E-state index contributed by atoms with van der Waals surface area (Å²) in [6.45, 7) is 6.72. The van der Waals surface area contributed by atoms with Crippen molar-refractivity contribution >= 4 is 5.91 Å². The number of ether oxygens (including phenoxy) is 1. The predicted molar refractivity (Wildman–Crippen MR) is 92.8 cm³/mol. The third-order valence-electron chi connectivity index (χ3n) is 5.09. The van der Waals surface area contributed by atoms with Gasteiger partial charge in [-0.3, -0.25) is 9.69 Å². The highest BCUT2D eigenvalue weighted by Gasteiger charge is 2.24. The van der Waals surface area contributed by atoms with Crippen molar-refractivity contribution in [3.63, 3.8) is 0 Å². The number of hydrogen-bond donors (Lipinski definition) is 1. The van der Waals surface area contributed by atoms with Crippen LogP contribution in [-0.2, 0) is 11.3 Å². The van der Waals surface area contributed by atoms with Crippen LogP contribution >= 0.6 is 0 Å². The quantitative estimate of drug-likeness (QED) is 0.895. The average molecular weight is 332 g/mol. The Morgan fingerprint density at radius 1 is 1.21 bits per heavy atom. The van der Waals surface area contributed by atoms with Crippen LogP contribution in [0.2, 0.25) is 0 Å². The normalized spacial score (nSPS) is 25.0. The second kappa shape index (κ2) is 7.99. The second-order valence-electron chi connectivity index (χ2n) is 7.09. The van der Waals surface area contributed by atoms with Gasteiger partial charge in [0.25, 0.3) is 5.91 Å². The Balaban J connectivity index is 1.45. The molecule has 2 heterocycles. The Labute approximate surface area is 144 Å². The van der Waals surface area contributed by atoms with Crippen molar-refractivity contribution in [2.75, 3.05) is 32.8 Å². The molecule has 0 spiro atoms. The minimum absolute atomic E-state index is 0.0810. The smallest absolute Gasteiger partial charge is 0.260 e. The SMILES string of the molecule is C[C@@H]1CN(Cc2ccc(OCC(=O)N3CCCC3)cc2)CC[C@H]1O. The highest BCUT2D eigenvalue weighted by atomic mass is 16.5. The lowest BCUT2D eigenvalue weighted by molar-refractivity contribution is -0.132. The summed E-state index contributed by atoms with van der Waals surface area (Å²) in [7, 11) is 0. The molecule has 2 saturated heterocycles. The Morgan fingerprint density at radius 2 is 1.92 bits per heavy atom. The molecule has 2 aliphatic rings. The molecule has 0 bridgehead atoms. The van der Waals surface area contributed by atoms with Crippen LogP contribution in [0.3, 0.4) is 0 Å². The van der Waals surface area contributed by atoms with Gasteiger partial charge in [-0.05, 0) is 42.9 Å². The number of carbonyl (C=O) groups excluding carboxylic acids is 1. The molecule has 1 amide bonds. The van der Waals surface area contributed by atoms with Gasteiger partial charge in [0.1, 0.15) is 5.75 Å². The molecule has 1 N–H and O–H groups in total. The van der Waals surface area contributed by atoms with Crippen molar-refractivity contribution in [3.05, 3.63) is 29.8 Å². The molecule has 2 aliphatic heterocycles. The number of likely N-dealkylation sites (tertiary alicyclic amines) is 2. The molecule has 0 aromatic heterocycles. The predicted octanol–water partition coefficient (Wildman–Crippen LogP) is 1.89. The van der Waals surface area contributed by atoms with Gasteiger partial charge in [-0.25, -0.2) is 0 Å². The Hall–Kier alpha value is -1.59. The minimum atomic E-state index is -0.162. The first kappa shape index (κ1) is 17.2. The summed E-state index contributed by atoms with van der Waals surface area (Å²) in [6, 6.07) is 8.00. The van der Waals surface area contributed by atoms with Gasteiger partial charge in [-0.1, -0.05) is 19.1 Å². The molecule has 2 fully saturated rings. The van der Waals surface area contributed by atoms with E-state index in [0.29, 0.717) is 5.92 Å². The molecule has 1 aromatic carbocycles. The number of aliphatic hydroxyl groups excluding tert-OH is 1. The van der Waals surface area contributed by atoms with E-state index in [0.717, 1.165) is 57.7 Å². The fourth-order valence-electron chi connectivity index (χ4n) is 3.52. The summed E-state index contributed by atoms with van der Waals surface area (Å²) < 4.78 is 5.62. The first-order chi connectivity index (χ1) is 11.6. The lowest BCUT2D eigenvalue weighted by atomic mass is 9.96. The van der Waals surface area contributed by atoms with Crippen LogP contribution < -0.4 is 4.74 Å². The number of rotatable bonds is 5. The van der Waals surface area contributed by atoms with E-state index < -0.39 is 0 Å². The zero-order chi connectivity index (χ0) is 16.9. The summed E-state index contributed by atoms with van der Waals surface area (Å²) in [5.74, 6) is 1.16. The maximum Gasteiger partial charge on any atom is 0.260 e. The molecule has 5 heteroatoms. The van der Waals surface area contributed by atoms with E-state index in [-0.39, 0.29) is 18.6 Å². The Bertz CT molecular complexity index is 540. The Kier molecular flexibility index (Phi) is 5.74. The molecule has 24 heavy (non-hydrogen) atoms. The average Bonchev–Trinajstić information content (AvgIpc) is 3.12. The van der Waals surface area contributed by atoms with Crippen LogP contribution in [0.25, 0.3) is 0 Å². The van der Waals surface area contributed by atoms with Crippen LogP contribution in [0.15, 0.2) is 24.3 Å². The van der Waals surface area contributed by atoms with E-state index >= 15 is 0 Å². The number of nitrogens with zero attached hydrogens (tertiary/aromatic N) is 2. The van der Waals surface area contributed by atoms with Gasteiger partial charge in [-0.2, -0.15) is 0 Å². The van der Waals surface area contributed by atoms with E-state index in [1.807, 2.05) is 17.0 Å². The van der Waals surface area contributed by atoms with E-state index in [4.69, 9.17) is 4.74 Å². The largest absolute Gasteiger partial charge is 0.484 e. The van der Waals surface area contributed by atoms with Gasteiger partial charge >= 0.3 is 0 Å². The number of carbonyl (C=O) groups is 1.